The van der Waals surface area contributed by atoms with Crippen LogP contribution in [0.2, 0.25) is 0 Å². The normalized spacial score (nSPS) is 15.8. The van der Waals surface area contributed by atoms with E-state index in [1.54, 1.807) is 18.3 Å². The smallest absolute Gasteiger partial charge is 0.228 e. The van der Waals surface area contributed by atoms with Crippen molar-refractivity contribution in [3.63, 3.8) is 0 Å². The van der Waals surface area contributed by atoms with Gasteiger partial charge in [0.05, 0.1) is 18.3 Å². The predicted octanol–water partition coefficient (Wildman–Crippen LogP) is 0.581. The van der Waals surface area contributed by atoms with Crippen LogP contribution in [0.25, 0.3) is 0 Å². The largest absolute Gasteiger partial charge is 0.397 e. The minimum Gasteiger partial charge on any atom is -0.397 e. The molecule has 114 valence electrons. The van der Waals surface area contributed by atoms with Crippen LogP contribution in [0.3, 0.4) is 0 Å². The van der Waals surface area contributed by atoms with Crippen LogP contribution in [0.15, 0.2) is 18.3 Å². The third-order valence-electron chi connectivity index (χ3n) is 3.75. The molecule has 1 aromatic rings. The van der Waals surface area contributed by atoms with Gasteiger partial charge in [0, 0.05) is 31.2 Å². The Morgan fingerprint density at radius 2 is 2.10 bits per heavy atom. The molecule has 0 bridgehead atoms. The standard InChI is InChI=1S/C15H22N4O2/c1-2-17-15(21)11-5-7-19(8-6-11)14(20)9-13-4-3-12(16)10-18-13/h3-4,10-11H,2,5-9,16H2,1H3,(H,17,21). The van der Waals surface area contributed by atoms with Crippen LogP contribution < -0.4 is 11.1 Å². The lowest BCUT2D eigenvalue weighted by Gasteiger charge is -2.31. The average molecular weight is 290 g/mol. The number of aromatic nitrogens is 1. The summed E-state index contributed by atoms with van der Waals surface area (Å²) in [6, 6.07) is 3.52. The lowest BCUT2D eigenvalue weighted by Crippen LogP contribution is -2.43. The number of piperidine rings is 1. The number of nitrogens with two attached hydrogens (primary N) is 1. The van der Waals surface area contributed by atoms with Crippen molar-refractivity contribution >= 4 is 17.5 Å². The highest BCUT2D eigenvalue weighted by Crippen LogP contribution is 2.18. The molecule has 0 aromatic carbocycles. The minimum absolute atomic E-state index is 0.0312. The van der Waals surface area contributed by atoms with Gasteiger partial charge in [0.25, 0.3) is 0 Å². The molecule has 1 saturated heterocycles. The fraction of sp³-hybridized carbons (Fsp3) is 0.533. The summed E-state index contributed by atoms with van der Waals surface area (Å²) in [5, 5.41) is 2.84. The zero-order valence-electron chi connectivity index (χ0n) is 12.3. The van der Waals surface area contributed by atoms with Crippen molar-refractivity contribution < 1.29 is 9.59 Å². The zero-order chi connectivity index (χ0) is 15.2. The summed E-state index contributed by atoms with van der Waals surface area (Å²) in [6.07, 6.45) is 3.30. The van der Waals surface area contributed by atoms with E-state index in [9.17, 15) is 9.59 Å². The lowest BCUT2D eigenvalue weighted by atomic mass is 9.95. The Balaban J connectivity index is 1.83. The molecule has 21 heavy (non-hydrogen) atoms. The summed E-state index contributed by atoms with van der Waals surface area (Å²) < 4.78 is 0. The van der Waals surface area contributed by atoms with Crippen LogP contribution in [-0.2, 0) is 16.0 Å². The van der Waals surface area contributed by atoms with Crippen LogP contribution in [0.1, 0.15) is 25.5 Å². The number of carbonyl (C=O) groups is 2. The highest BCUT2D eigenvalue weighted by molar-refractivity contribution is 5.80. The fourth-order valence-electron chi connectivity index (χ4n) is 2.52. The average Bonchev–Trinajstić information content (AvgIpc) is 2.50. The van der Waals surface area contributed by atoms with E-state index < -0.39 is 0 Å². The number of nitrogen functional groups attached to an aromatic ring is 1. The molecule has 2 rings (SSSR count). The Morgan fingerprint density at radius 3 is 2.67 bits per heavy atom. The predicted molar refractivity (Wildman–Crippen MR) is 80.3 cm³/mol. The van der Waals surface area contributed by atoms with Crippen molar-refractivity contribution in [1.82, 2.24) is 15.2 Å². The zero-order valence-corrected chi connectivity index (χ0v) is 12.3. The van der Waals surface area contributed by atoms with E-state index in [0.29, 0.717) is 25.3 Å². The van der Waals surface area contributed by atoms with Crippen molar-refractivity contribution in [3.8, 4) is 0 Å². The highest BCUT2D eigenvalue weighted by Gasteiger charge is 2.26. The summed E-state index contributed by atoms with van der Waals surface area (Å²) in [7, 11) is 0. The van der Waals surface area contributed by atoms with E-state index in [0.717, 1.165) is 18.5 Å². The summed E-state index contributed by atoms with van der Waals surface area (Å²) in [6.45, 7) is 3.84. The molecule has 0 aliphatic carbocycles. The van der Waals surface area contributed by atoms with Crippen molar-refractivity contribution in [2.24, 2.45) is 5.92 Å². The van der Waals surface area contributed by atoms with E-state index in [2.05, 4.69) is 10.3 Å². The third kappa shape index (κ3) is 4.18. The Morgan fingerprint density at radius 1 is 1.38 bits per heavy atom. The van der Waals surface area contributed by atoms with Crippen LogP contribution >= 0.6 is 0 Å². The van der Waals surface area contributed by atoms with Gasteiger partial charge in [-0.05, 0) is 31.9 Å². The first-order valence-corrected chi connectivity index (χ1v) is 7.36. The number of likely N-dealkylation sites (tertiary alicyclic amines) is 1. The maximum atomic E-state index is 12.2. The van der Waals surface area contributed by atoms with Crippen LogP contribution in [0, 0.1) is 5.92 Å². The van der Waals surface area contributed by atoms with Gasteiger partial charge >= 0.3 is 0 Å². The van der Waals surface area contributed by atoms with Crippen molar-refractivity contribution in [2.75, 3.05) is 25.4 Å². The van der Waals surface area contributed by atoms with Crippen molar-refractivity contribution in [1.29, 1.82) is 0 Å². The number of nitrogens with zero attached hydrogens (tertiary/aromatic N) is 2. The number of rotatable bonds is 4. The molecule has 0 unspecified atom stereocenters. The second kappa shape index (κ2) is 7.06. The Bertz CT molecular complexity index is 493. The number of amides is 2. The van der Waals surface area contributed by atoms with Gasteiger partial charge in [-0.1, -0.05) is 0 Å². The van der Waals surface area contributed by atoms with Gasteiger partial charge in [-0.2, -0.15) is 0 Å². The summed E-state index contributed by atoms with van der Waals surface area (Å²) in [5.74, 6) is 0.190. The molecule has 6 nitrogen and oxygen atoms in total. The summed E-state index contributed by atoms with van der Waals surface area (Å²) in [5.41, 5.74) is 6.89. The molecule has 1 aliphatic heterocycles. The van der Waals surface area contributed by atoms with Crippen molar-refractivity contribution in [3.05, 3.63) is 24.0 Å². The van der Waals surface area contributed by atoms with Gasteiger partial charge in [-0.15, -0.1) is 0 Å². The van der Waals surface area contributed by atoms with E-state index in [-0.39, 0.29) is 24.2 Å². The number of hydrogen-bond donors (Lipinski definition) is 2. The van der Waals surface area contributed by atoms with E-state index >= 15 is 0 Å². The van der Waals surface area contributed by atoms with Crippen LogP contribution in [0.4, 0.5) is 5.69 Å². The highest BCUT2D eigenvalue weighted by atomic mass is 16.2. The van der Waals surface area contributed by atoms with E-state index in [4.69, 9.17) is 5.73 Å². The topological polar surface area (TPSA) is 88.3 Å². The maximum absolute atomic E-state index is 12.2. The molecule has 1 aliphatic rings. The van der Waals surface area contributed by atoms with Gasteiger partial charge in [0.1, 0.15) is 0 Å². The SMILES string of the molecule is CCNC(=O)C1CCN(C(=O)Cc2ccc(N)cn2)CC1. The van der Waals surface area contributed by atoms with Gasteiger partial charge in [0.15, 0.2) is 0 Å². The molecule has 3 N–H and O–H groups in total. The molecule has 2 amide bonds. The third-order valence-corrected chi connectivity index (χ3v) is 3.75. The molecule has 0 spiro atoms. The lowest BCUT2D eigenvalue weighted by molar-refractivity contribution is -0.135. The monoisotopic (exact) mass is 290 g/mol. The second-order valence-electron chi connectivity index (χ2n) is 5.31. The molecular weight excluding hydrogens is 268 g/mol. The minimum atomic E-state index is 0.0312. The molecule has 6 heteroatoms. The Kier molecular flexibility index (Phi) is 5.14. The van der Waals surface area contributed by atoms with Gasteiger partial charge < -0.3 is 16.0 Å². The number of nitrogens with one attached hydrogen (secondary N) is 1. The quantitative estimate of drug-likeness (QED) is 0.849. The molecule has 1 fully saturated rings. The fourth-order valence-corrected chi connectivity index (χ4v) is 2.52. The Hall–Kier alpha value is -2.11. The molecule has 2 heterocycles. The number of anilines is 1. The second-order valence-corrected chi connectivity index (χ2v) is 5.31. The van der Waals surface area contributed by atoms with Crippen LogP contribution in [0.5, 0.6) is 0 Å². The molecule has 1 aromatic heterocycles. The maximum Gasteiger partial charge on any atom is 0.228 e. The Labute approximate surface area is 124 Å². The molecule has 0 radical (unpaired) electrons. The van der Waals surface area contributed by atoms with E-state index in [1.165, 1.54) is 0 Å². The van der Waals surface area contributed by atoms with Crippen molar-refractivity contribution in [2.45, 2.75) is 26.2 Å². The molecule has 0 saturated carbocycles. The van der Waals surface area contributed by atoms with E-state index in [1.807, 2.05) is 11.8 Å². The number of pyridine rings is 1. The molecular formula is C15H22N4O2. The van der Waals surface area contributed by atoms with Crippen LogP contribution in [-0.4, -0.2) is 41.3 Å². The van der Waals surface area contributed by atoms with Gasteiger partial charge in [-0.25, -0.2) is 0 Å². The van der Waals surface area contributed by atoms with Gasteiger partial charge in [-0.3, -0.25) is 14.6 Å². The first-order chi connectivity index (χ1) is 10.1. The summed E-state index contributed by atoms with van der Waals surface area (Å²) in [4.78, 5) is 29.9. The first-order valence-electron chi connectivity index (χ1n) is 7.36. The number of hydrogen-bond acceptors (Lipinski definition) is 4. The number of carbonyl (C=O) groups excluding carboxylic acids is 2. The first kappa shape index (κ1) is 15.3. The summed E-state index contributed by atoms with van der Waals surface area (Å²) >= 11 is 0. The molecule has 0 atom stereocenters. The van der Waals surface area contributed by atoms with Gasteiger partial charge in [0.2, 0.25) is 11.8 Å².